The highest BCUT2D eigenvalue weighted by atomic mass is 14.7. The van der Waals surface area contributed by atoms with E-state index in [4.69, 9.17) is 5.26 Å². The van der Waals surface area contributed by atoms with Gasteiger partial charge >= 0.3 is 0 Å². The number of nitrogens with zero attached hydrogens (tertiary/aromatic N) is 2. The summed E-state index contributed by atoms with van der Waals surface area (Å²) in [4.78, 5) is 4.45. The average molecular weight is 222 g/mol. The van der Waals surface area contributed by atoms with Crippen LogP contribution in [0.5, 0.6) is 0 Å². The van der Waals surface area contributed by atoms with E-state index in [2.05, 4.69) is 42.2 Å². The number of hydrogen-bond acceptors (Lipinski definition) is 2. The zero-order valence-corrected chi connectivity index (χ0v) is 10.1. The monoisotopic (exact) mass is 222 g/mol. The van der Waals surface area contributed by atoms with Gasteiger partial charge in [0.2, 0.25) is 0 Å². The third-order valence-corrected chi connectivity index (χ3v) is 2.86. The van der Waals surface area contributed by atoms with Crippen molar-refractivity contribution < 1.29 is 0 Å². The summed E-state index contributed by atoms with van der Waals surface area (Å²) in [5, 5.41) is 8.86. The van der Waals surface area contributed by atoms with E-state index in [9.17, 15) is 0 Å². The molecule has 0 saturated heterocycles. The predicted octanol–water partition coefficient (Wildman–Crippen LogP) is 3.49. The maximum Gasteiger partial charge on any atom is 0.101 e. The van der Waals surface area contributed by atoms with Crippen molar-refractivity contribution in [3.8, 4) is 17.3 Å². The number of pyridine rings is 1. The van der Waals surface area contributed by atoms with Gasteiger partial charge in [0, 0.05) is 5.56 Å². The van der Waals surface area contributed by atoms with Crippen LogP contribution >= 0.6 is 0 Å². The van der Waals surface area contributed by atoms with Crippen LogP contribution in [-0.2, 0) is 6.42 Å². The van der Waals surface area contributed by atoms with Crippen molar-refractivity contribution in [1.82, 2.24) is 4.98 Å². The molecule has 2 heteroatoms. The van der Waals surface area contributed by atoms with E-state index in [0.717, 1.165) is 23.4 Å². The molecule has 17 heavy (non-hydrogen) atoms. The highest BCUT2D eigenvalue weighted by Gasteiger charge is 2.03. The van der Waals surface area contributed by atoms with E-state index in [1.54, 1.807) is 0 Å². The van der Waals surface area contributed by atoms with Crippen molar-refractivity contribution in [3.05, 3.63) is 53.2 Å². The first-order chi connectivity index (χ1) is 8.24. The molecular formula is C15H14N2. The minimum absolute atomic E-state index is 0.638. The summed E-state index contributed by atoms with van der Waals surface area (Å²) in [6.45, 7) is 4.00. The van der Waals surface area contributed by atoms with Gasteiger partial charge in [-0.25, -0.2) is 0 Å². The summed E-state index contributed by atoms with van der Waals surface area (Å²) in [5.74, 6) is 0. The van der Waals surface area contributed by atoms with Gasteiger partial charge in [-0.15, -0.1) is 0 Å². The Hall–Kier alpha value is -2.14. The van der Waals surface area contributed by atoms with Crippen LogP contribution in [0.25, 0.3) is 11.3 Å². The Morgan fingerprint density at radius 1 is 1.12 bits per heavy atom. The van der Waals surface area contributed by atoms with Gasteiger partial charge in [0.05, 0.1) is 17.0 Å². The van der Waals surface area contributed by atoms with Crippen LogP contribution in [0.3, 0.4) is 0 Å². The van der Waals surface area contributed by atoms with E-state index in [1.807, 2.05) is 19.1 Å². The molecule has 0 bridgehead atoms. The van der Waals surface area contributed by atoms with E-state index < -0.39 is 0 Å². The average Bonchev–Trinajstić information content (AvgIpc) is 2.39. The van der Waals surface area contributed by atoms with Crippen LogP contribution < -0.4 is 0 Å². The Labute approximate surface area is 102 Å². The van der Waals surface area contributed by atoms with Gasteiger partial charge in [-0.2, -0.15) is 5.26 Å². The molecule has 0 radical (unpaired) electrons. The Bertz CT molecular complexity index is 562. The molecule has 0 aliphatic carbocycles. The minimum Gasteiger partial charge on any atom is -0.252 e. The molecule has 0 unspecified atom stereocenters. The summed E-state index contributed by atoms with van der Waals surface area (Å²) >= 11 is 0. The Morgan fingerprint density at radius 2 is 1.82 bits per heavy atom. The van der Waals surface area contributed by atoms with Crippen molar-refractivity contribution in [1.29, 1.82) is 5.26 Å². The fourth-order valence-electron chi connectivity index (χ4n) is 1.75. The van der Waals surface area contributed by atoms with Gasteiger partial charge in [0.1, 0.15) is 6.07 Å². The Morgan fingerprint density at radius 3 is 2.35 bits per heavy atom. The molecule has 2 rings (SSSR count). The van der Waals surface area contributed by atoms with Crippen LogP contribution in [0.15, 0.2) is 36.4 Å². The second-order valence-corrected chi connectivity index (χ2v) is 3.99. The maximum absolute atomic E-state index is 8.86. The summed E-state index contributed by atoms with van der Waals surface area (Å²) in [7, 11) is 0. The molecular weight excluding hydrogens is 208 g/mol. The van der Waals surface area contributed by atoms with E-state index in [1.165, 1.54) is 5.56 Å². The number of nitriles is 1. The van der Waals surface area contributed by atoms with Gasteiger partial charge in [-0.05, 0) is 31.0 Å². The van der Waals surface area contributed by atoms with Crippen molar-refractivity contribution in [3.63, 3.8) is 0 Å². The van der Waals surface area contributed by atoms with E-state index in [-0.39, 0.29) is 0 Å². The van der Waals surface area contributed by atoms with Gasteiger partial charge in [-0.3, -0.25) is 4.98 Å². The fraction of sp³-hybridized carbons (Fsp3) is 0.200. The van der Waals surface area contributed by atoms with Crippen molar-refractivity contribution in [2.24, 2.45) is 0 Å². The standard InChI is InChI=1S/C15H14N2/c1-3-12-4-6-13(7-5-12)15-9-8-14(10-16)11(2)17-15/h4-9H,3H2,1-2H3. The molecule has 2 aromatic rings. The first-order valence-electron chi connectivity index (χ1n) is 5.71. The molecule has 0 spiro atoms. The van der Waals surface area contributed by atoms with Crippen LogP contribution in [0.4, 0.5) is 0 Å². The molecule has 1 aromatic carbocycles. The molecule has 84 valence electrons. The van der Waals surface area contributed by atoms with Crippen LogP contribution in [0.1, 0.15) is 23.7 Å². The maximum atomic E-state index is 8.86. The number of benzene rings is 1. The molecule has 1 aromatic heterocycles. The van der Waals surface area contributed by atoms with Gasteiger partial charge in [0.25, 0.3) is 0 Å². The quantitative estimate of drug-likeness (QED) is 0.779. The zero-order valence-electron chi connectivity index (χ0n) is 10.1. The number of aryl methyl sites for hydroxylation is 2. The Balaban J connectivity index is 2.40. The lowest BCUT2D eigenvalue weighted by Crippen LogP contribution is -1.91. The fourth-order valence-corrected chi connectivity index (χ4v) is 1.75. The number of hydrogen-bond donors (Lipinski definition) is 0. The van der Waals surface area contributed by atoms with Crippen LogP contribution in [0.2, 0.25) is 0 Å². The molecule has 2 nitrogen and oxygen atoms in total. The topological polar surface area (TPSA) is 36.7 Å². The lowest BCUT2D eigenvalue weighted by molar-refractivity contribution is 1.14. The normalized spacial score (nSPS) is 9.94. The largest absolute Gasteiger partial charge is 0.252 e. The van der Waals surface area contributed by atoms with Gasteiger partial charge in [-0.1, -0.05) is 31.2 Å². The van der Waals surface area contributed by atoms with E-state index in [0.29, 0.717) is 5.56 Å². The molecule has 0 amide bonds. The summed E-state index contributed by atoms with van der Waals surface area (Å²) in [6, 6.07) is 14.2. The summed E-state index contributed by atoms with van der Waals surface area (Å²) in [5.41, 5.74) is 4.75. The van der Waals surface area contributed by atoms with Gasteiger partial charge in [0.15, 0.2) is 0 Å². The molecule has 0 saturated carbocycles. The van der Waals surface area contributed by atoms with Crippen molar-refractivity contribution >= 4 is 0 Å². The Kier molecular flexibility index (Phi) is 3.20. The molecule has 0 atom stereocenters. The SMILES string of the molecule is CCc1ccc(-c2ccc(C#N)c(C)n2)cc1. The summed E-state index contributed by atoms with van der Waals surface area (Å²) in [6.07, 6.45) is 1.04. The molecule has 0 aliphatic rings. The first kappa shape index (κ1) is 11.3. The minimum atomic E-state index is 0.638. The zero-order chi connectivity index (χ0) is 12.3. The predicted molar refractivity (Wildman–Crippen MR) is 68.5 cm³/mol. The third-order valence-electron chi connectivity index (χ3n) is 2.86. The molecule has 0 N–H and O–H groups in total. The first-order valence-corrected chi connectivity index (χ1v) is 5.71. The lowest BCUT2D eigenvalue weighted by atomic mass is 10.1. The number of rotatable bonds is 2. The third kappa shape index (κ3) is 2.34. The van der Waals surface area contributed by atoms with Crippen LogP contribution in [0, 0.1) is 18.3 Å². The molecule has 0 fully saturated rings. The molecule has 1 heterocycles. The number of aromatic nitrogens is 1. The molecule has 0 aliphatic heterocycles. The second kappa shape index (κ2) is 4.80. The van der Waals surface area contributed by atoms with Gasteiger partial charge < -0.3 is 0 Å². The van der Waals surface area contributed by atoms with E-state index >= 15 is 0 Å². The lowest BCUT2D eigenvalue weighted by Gasteiger charge is -2.04. The van der Waals surface area contributed by atoms with Crippen molar-refractivity contribution in [2.45, 2.75) is 20.3 Å². The highest BCUT2D eigenvalue weighted by Crippen LogP contribution is 2.19. The van der Waals surface area contributed by atoms with Crippen LogP contribution in [-0.4, -0.2) is 4.98 Å². The second-order valence-electron chi connectivity index (χ2n) is 3.99. The highest BCUT2D eigenvalue weighted by molar-refractivity contribution is 5.60. The summed E-state index contributed by atoms with van der Waals surface area (Å²) < 4.78 is 0. The van der Waals surface area contributed by atoms with Crippen molar-refractivity contribution in [2.75, 3.05) is 0 Å². The smallest absolute Gasteiger partial charge is 0.101 e.